The molecule has 1 N–H and O–H groups in total. The van der Waals surface area contributed by atoms with Crippen LogP contribution in [0.5, 0.6) is 0 Å². The number of carbonyl (C=O) groups is 2. The van der Waals surface area contributed by atoms with Crippen molar-refractivity contribution in [1.29, 1.82) is 0 Å². The Hall–Kier alpha value is -3.07. The van der Waals surface area contributed by atoms with Gasteiger partial charge in [0.2, 0.25) is 11.8 Å². The van der Waals surface area contributed by atoms with E-state index in [-0.39, 0.29) is 23.4 Å². The molecule has 0 aliphatic carbocycles. The van der Waals surface area contributed by atoms with E-state index in [0.717, 1.165) is 16.3 Å². The minimum atomic E-state index is -4.14. The van der Waals surface area contributed by atoms with E-state index in [2.05, 4.69) is 5.32 Å². The van der Waals surface area contributed by atoms with Crippen molar-refractivity contribution in [3.05, 3.63) is 94.0 Å². The van der Waals surface area contributed by atoms with Gasteiger partial charge in [0, 0.05) is 22.6 Å². The molecular formula is C31H37Cl2N3O4S. The Labute approximate surface area is 253 Å². The van der Waals surface area contributed by atoms with E-state index >= 15 is 0 Å². The Bertz CT molecular complexity index is 1450. The van der Waals surface area contributed by atoms with Crippen LogP contribution in [0.2, 0.25) is 10.0 Å². The number of anilines is 1. The van der Waals surface area contributed by atoms with Gasteiger partial charge in [-0.1, -0.05) is 86.4 Å². The highest BCUT2D eigenvalue weighted by Gasteiger charge is 2.34. The molecule has 0 spiro atoms. The molecule has 220 valence electrons. The van der Waals surface area contributed by atoms with Crippen LogP contribution in [0.25, 0.3) is 0 Å². The van der Waals surface area contributed by atoms with Crippen molar-refractivity contribution in [2.75, 3.05) is 10.8 Å². The zero-order valence-electron chi connectivity index (χ0n) is 23.8. The lowest BCUT2D eigenvalue weighted by Crippen LogP contribution is -2.53. The zero-order valence-corrected chi connectivity index (χ0v) is 26.1. The fourth-order valence-corrected chi connectivity index (χ4v) is 6.42. The number of para-hydroxylation sites is 1. The molecule has 3 aromatic carbocycles. The Balaban J connectivity index is 2.11. The molecule has 0 fully saturated rings. The summed E-state index contributed by atoms with van der Waals surface area (Å²) >= 11 is 12.6. The van der Waals surface area contributed by atoms with Crippen molar-refractivity contribution in [1.82, 2.24) is 10.2 Å². The van der Waals surface area contributed by atoms with Crippen molar-refractivity contribution in [2.45, 2.75) is 70.5 Å². The monoisotopic (exact) mass is 617 g/mol. The van der Waals surface area contributed by atoms with Crippen LogP contribution in [0, 0.1) is 0 Å². The number of rotatable bonds is 13. The molecule has 7 nitrogen and oxygen atoms in total. The molecule has 2 amide bonds. The first-order valence-electron chi connectivity index (χ1n) is 13.7. The van der Waals surface area contributed by atoms with Gasteiger partial charge in [0.15, 0.2) is 0 Å². The van der Waals surface area contributed by atoms with E-state index in [1.165, 1.54) is 17.0 Å². The summed E-state index contributed by atoms with van der Waals surface area (Å²) in [5.41, 5.74) is 1.77. The predicted octanol–water partition coefficient (Wildman–Crippen LogP) is 6.47. The van der Waals surface area contributed by atoms with Crippen molar-refractivity contribution in [2.24, 2.45) is 0 Å². The lowest BCUT2D eigenvalue weighted by molar-refractivity contribution is -0.140. The summed E-state index contributed by atoms with van der Waals surface area (Å²) in [6.45, 7) is 7.08. The standard InChI is InChI=1S/C31H37Cl2N3O4S/c1-5-22(4)34-31(38)28(7-3)35(20-24-17-18-25(32)19-27(24)33)30(37)21-36(29-16-12-11-13-23(29)6-2)41(39,40)26-14-9-8-10-15-26/h8-19,22,28H,5-7,20-21H2,1-4H3,(H,34,38)/t22-,28+/m1/s1. The van der Waals surface area contributed by atoms with Crippen LogP contribution in [0.15, 0.2) is 77.7 Å². The molecule has 0 radical (unpaired) electrons. The first-order chi connectivity index (χ1) is 19.5. The largest absolute Gasteiger partial charge is 0.352 e. The second-order valence-corrected chi connectivity index (χ2v) is 12.5. The second-order valence-electron chi connectivity index (χ2n) is 9.81. The molecule has 0 aliphatic heterocycles. The number of aryl methyl sites for hydroxylation is 1. The maximum atomic E-state index is 14.2. The minimum absolute atomic E-state index is 0.00405. The van der Waals surface area contributed by atoms with Crippen molar-refractivity contribution >= 4 is 50.7 Å². The highest BCUT2D eigenvalue weighted by atomic mass is 35.5. The number of nitrogens with one attached hydrogen (secondary N) is 1. The second kappa shape index (κ2) is 14.7. The van der Waals surface area contributed by atoms with Crippen molar-refractivity contribution in [3.8, 4) is 0 Å². The molecule has 0 saturated carbocycles. The van der Waals surface area contributed by atoms with E-state index in [1.807, 2.05) is 39.8 Å². The fourth-order valence-electron chi connectivity index (χ4n) is 4.48. The van der Waals surface area contributed by atoms with Crippen LogP contribution < -0.4 is 9.62 Å². The van der Waals surface area contributed by atoms with Gasteiger partial charge in [-0.25, -0.2) is 8.42 Å². The van der Waals surface area contributed by atoms with Gasteiger partial charge in [0.25, 0.3) is 10.0 Å². The summed E-state index contributed by atoms with van der Waals surface area (Å²) < 4.78 is 29.2. The minimum Gasteiger partial charge on any atom is -0.352 e. The van der Waals surface area contributed by atoms with E-state index in [9.17, 15) is 18.0 Å². The average Bonchev–Trinajstić information content (AvgIpc) is 2.97. The summed E-state index contributed by atoms with van der Waals surface area (Å²) in [6, 6.07) is 19.1. The lowest BCUT2D eigenvalue weighted by atomic mass is 10.1. The van der Waals surface area contributed by atoms with Gasteiger partial charge in [-0.3, -0.25) is 13.9 Å². The molecule has 2 atom stereocenters. The molecule has 3 rings (SSSR count). The number of hydrogen-bond donors (Lipinski definition) is 1. The molecule has 0 aliphatic rings. The number of halogens is 2. The maximum Gasteiger partial charge on any atom is 0.264 e. The summed E-state index contributed by atoms with van der Waals surface area (Å²) in [6.07, 6.45) is 1.59. The van der Waals surface area contributed by atoms with E-state index in [0.29, 0.717) is 34.1 Å². The van der Waals surface area contributed by atoms with Gasteiger partial charge in [-0.05, 0) is 67.6 Å². The topological polar surface area (TPSA) is 86.8 Å². The van der Waals surface area contributed by atoms with Crippen LogP contribution in [0.1, 0.15) is 51.7 Å². The SMILES string of the molecule is CCc1ccccc1N(CC(=O)N(Cc1ccc(Cl)cc1Cl)[C@@H](CC)C(=O)N[C@H](C)CC)S(=O)(=O)c1ccccc1. The van der Waals surface area contributed by atoms with Gasteiger partial charge in [0.1, 0.15) is 12.6 Å². The first-order valence-corrected chi connectivity index (χ1v) is 15.9. The molecule has 0 saturated heterocycles. The van der Waals surface area contributed by atoms with E-state index in [4.69, 9.17) is 23.2 Å². The zero-order chi connectivity index (χ0) is 30.2. The third kappa shape index (κ3) is 8.03. The third-order valence-electron chi connectivity index (χ3n) is 6.99. The predicted molar refractivity (Wildman–Crippen MR) is 166 cm³/mol. The maximum absolute atomic E-state index is 14.2. The normalized spacial score (nSPS) is 12.8. The highest BCUT2D eigenvalue weighted by molar-refractivity contribution is 7.92. The van der Waals surface area contributed by atoms with Gasteiger partial charge in [-0.15, -0.1) is 0 Å². The molecule has 0 heterocycles. The first kappa shape index (κ1) is 32.4. The summed E-state index contributed by atoms with van der Waals surface area (Å²) in [4.78, 5) is 29.1. The smallest absolute Gasteiger partial charge is 0.264 e. The number of carbonyl (C=O) groups excluding carboxylic acids is 2. The molecule has 41 heavy (non-hydrogen) atoms. The molecule has 3 aromatic rings. The van der Waals surface area contributed by atoms with E-state index < -0.39 is 28.5 Å². The number of benzene rings is 3. The average molecular weight is 619 g/mol. The van der Waals surface area contributed by atoms with Crippen LogP contribution in [-0.4, -0.2) is 43.8 Å². The number of amides is 2. The van der Waals surface area contributed by atoms with Gasteiger partial charge >= 0.3 is 0 Å². The van der Waals surface area contributed by atoms with Gasteiger partial charge in [0.05, 0.1) is 10.6 Å². The molecule has 0 aromatic heterocycles. The fraction of sp³-hybridized carbons (Fsp3) is 0.355. The highest BCUT2D eigenvalue weighted by Crippen LogP contribution is 2.29. The Morgan fingerprint density at radius 2 is 1.54 bits per heavy atom. The van der Waals surface area contributed by atoms with Crippen LogP contribution in [0.4, 0.5) is 5.69 Å². The van der Waals surface area contributed by atoms with E-state index in [1.54, 1.807) is 48.5 Å². The number of sulfonamides is 1. The van der Waals surface area contributed by atoms with Crippen molar-refractivity contribution in [3.63, 3.8) is 0 Å². The Kier molecular flexibility index (Phi) is 11.6. The molecule has 0 unspecified atom stereocenters. The van der Waals surface area contributed by atoms with Crippen LogP contribution in [0.3, 0.4) is 0 Å². The Morgan fingerprint density at radius 1 is 0.878 bits per heavy atom. The quantitative estimate of drug-likeness (QED) is 0.238. The van der Waals surface area contributed by atoms with Crippen LogP contribution in [-0.2, 0) is 32.6 Å². The summed E-state index contributed by atoms with van der Waals surface area (Å²) in [5, 5.41) is 3.75. The molecule has 10 heteroatoms. The number of hydrogen-bond acceptors (Lipinski definition) is 4. The van der Waals surface area contributed by atoms with Crippen molar-refractivity contribution < 1.29 is 18.0 Å². The van der Waals surface area contributed by atoms with Gasteiger partial charge < -0.3 is 10.2 Å². The van der Waals surface area contributed by atoms with Crippen LogP contribution >= 0.6 is 23.2 Å². The van der Waals surface area contributed by atoms with Gasteiger partial charge in [-0.2, -0.15) is 0 Å². The summed E-state index contributed by atoms with van der Waals surface area (Å²) in [5.74, 6) is -0.848. The summed E-state index contributed by atoms with van der Waals surface area (Å²) in [7, 11) is -4.14. The molecule has 0 bridgehead atoms. The number of nitrogens with zero attached hydrogens (tertiary/aromatic N) is 2. The molecular weight excluding hydrogens is 581 g/mol. The lowest BCUT2D eigenvalue weighted by Gasteiger charge is -2.34. The Morgan fingerprint density at radius 3 is 2.15 bits per heavy atom. The third-order valence-corrected chi connectivity index (χ3v) is 9.35.